The third-order valence-corrected chi connectivity index (χ3v) is 4.14. The van der Waals surface area contributed by atoms with E-state index in [0.29, 0.717) is 16.3 Å². The van der Waals surface area contributed by atoms with Gasteiger partial charge in [0.1, 0.15) is 15.6 Å². The number of nitrogens with one attached hydrogen (secondary N) is 1. The Bertz CT molecular complexity index is 611. The van der Waals surface area contributed by atoms with Gasteiger partial charge in [0.15, 0.2) is 5.75 Å². The molecule has 0 radical (unpaired) electrons. The smallest absolute Gasteiger partial charge is 0.350 e. The lowest BCUT2D eigenvalue weighted by Crippen LogP contribution is -2.04. The van der Waals surface area contributed by atoms with Crippen LogP contribution in [0, 0.1) is 0 Å². The Labute approximate surface area is 127 Å². The van der Waals surface area contributed by atoms with Gasteiger partial charge in [-0.15, -0.1) is 11.3 Å². The van der Waals surface area contributed by atoms with Crippen LogP contribution in [-0.2, 0) is 11.2 Å². The van der Waals surface area contributed by atoms with Gasteiger partial charge in [-0.2, -0.15) is 0 Å². The molecule has 3 N–H and O–H groups in total. The molecule has 0 amide bonds. The summed E-state index contributed by atoms with van der Waals surface area (Å²) in [6, 6.07) is 10.1. The molecule has 0 aliphatic heterocycles. The fourth-order valence-corrected chi connectivity index (χ4v) is 2.99. The lowest BCUT2D eigenvalue weighted by Gasteiger charge is -2.07. The number of benzene rings is 1. The molecular weight excluding hydrogens is 288 g/mol. The van der Waals surface area contributed by atoms with Gasteiger partial charge in [-0.25, -0.2) is 4.79 Å². The highest BCUT2D eigenvalue weighted by atomic mass is 32.1. The van der Waals surface area contributed by atoms with Gasteiger partial charge < -0.3 is 20.5 Å². The van der Waals surface area contributed by atoms with Crippen LogP contribution in [0.25, 0.3) is 0 Å². The van der Waals surface area contributed by atoms with E-state index in [0.717, 1.165) is 18.0 Å². The largest absolute Gasteiger partial charge is 0.492 e. The zero-order valence-corrected chi connectivity index (χ0v) is 12.8. The van der Waals surface area contributed by atoms with Gasteiger partial charge in [0, 0.05) is 6.54 Å². The normalized spacial score (nSPS) is 10.2. The Hall–Kier alpha value is -2.21. The summed E-state index contributed by atoms with van der Waals surface area (Å²) in [5.74, 6) is 0.0420. The summed E-state index contributed by atoms with van der Waals surface area (Å²) in [7, 11) is 2.86. The van der Waals surface area contributed by atoms with E-state index < -0.39 is 5.97 Å². The quantitative estimate of drug-likeness (QED) is 0.803. The van der Waals surface area contributed by atoms with Crippen LogP contribution >= 0.6 is 11.3 Å². The first-order valence-electron chi connectivity index (χ1n) is 6.49. The van der Waals surface area contributed by atoms with E-state index in [1.54, 1.807) is 0 Å². The minimum atomic E-state index is -0.452. The Morgan fingerprint density at radius 2 is 2.00 bits per heavy atom. The lowest BCUT2D eigenvalue weighted by molar-refractivity contribution is 0.0607. The molecule has 0 fully saturated rings. The number of nitrogens with two attached hydrogens (primary N) is 1. The molecule has 21 heavy (non-hydrogen) atoms. The molecular formula is C15H18N2O3S. The number of carbonyl (C=O) groups excluding carboxylic acids is 1. The molecule has 1 aromatic carbocycles. The predicted octanol–water partition coefficient (Wildman–Crippen LogP) is 2.78. The average Bonchev–Trinajstić information content (AvgIpc) is 2.83. The molecule has 0 aliphatic rings. The molecule has 2 rings (SSSR count). The van der Waals surface area contributed by atoms with Crippen molar-refractivity contribution < 1.29 is 14.3 Å². The van der Waals surface area contributed by atoms with Crippen molar-refractivity contribution in [2.24, 2.45) is 0 Å². The van der Waals surface area contributed by atoms with Crippen molar-refractivity contribution in [2.45, 2.75) is 6.42 Å². The Morgan fingerprint density at radius 3 is 2.62 bits per heavy atom. The van der Waals surface area contributed by atoms with Gasteiger partial charge in [0.05, 0.1) is 14.2 Å². The number of rotatable bonds is 6. The van der Waals surface area contributed by atoms with Crippen molar-refractivity contribution in [2.75, 3.05) is 31.8 Å². The minimum absolute atomic E-state index is 0.316. The molecule has 1 heterocycles. The molecule has 2 aromatic rings. The molecule has 0 spiro atoms. The summed E-state index contributed by atoms with van der Waals surface area (Å²) in [6.45, 7) is 0.723. The molecule has 6 heteroatoms. The number of anilines is 2. The first-order valence-corrected chi connectivity index (χ1v) is 7.31. The van der Waals surface area contributed by atoms with Crippen molar-refractivity contribution in [3.05, 3.63) is 40.8 Å². The lowest BCUT2D eigenvalue weighted by atomic mass is 10.1. The van der Waals surface area contributed by atoms with Gasteiger partial charge in [-0.3, -0.25) is 0 Å². The zero-order valence-electron chi connectivity index (χ0n) is 12.0. The highest BCUT2D eigenvalue weighted by molar-refractivity contribution is 7.19. The molecule has 0 atom stereocenters. The maximum absolute atomic E-state index is 11.6. The predicted molar refractivity (Wildman–Crippen MR) is 85.3 cm³/mol. The summed E-state index contributed by atoms with van der Waals surface area (Å²) in [6.07, 6.45) is 0.870. The van der Waals surface area contributed by atoms with Gasteiger partial charge in [-0.05, 0) is 12.0 Å². The van der Waals surface area contributed by atoms with Crippen molar-refractivity contribution >= 4 is 28.0 Å². The third-order valence-electron chi connectivity index (χ3n) is 3.02. The Balaban J connectivity index is 2.07. The first-order chi connectivity index (χ1) is 10.2. The second kappa shape index (κ2) is 6.99. The number of hydrogen-bond donors (Lipinski definition) is 2. The van der Waals surface area contributed by atoms with Gasteiger partial charge >= 0.3 is 5.97 Å². The number of methoxy groups -OCH3 is 2. The monoisotopic (exact) mass is 306 g/mol. The van der Waals surface area contributed by atoms with Crippen LogP contribution in [0.5, 0.6) is 5.75 Å². The van der Waals surface area contributed by atoms with E-state index in [1.807, 2.05) is 18.2 Å². The second-order valence-corrected chi connectivity index (χ2v) is 5.38. The molecule has 0 unspecified atom stereocenters. The van der Waals surface area contributed by atoms with Crippen LogP contribution in [0.2, 0.25) is 0 Å². The maximum atomic E-state index is 11.6. The summed E-state index contributed by atoms with van der Waals surface area (Å²) >= 11 is 1.24. The fourth-order valence-electron chi connectivity index (χ4n) is 1.96. The van der Waals surface area contributed by atoms with E-state index in [4.69, 9.17) is 15.2 Å². The van der Waals surface area contributed by atoms with Crippen LogP contribution in [0.15, 0.2) is 30.3 Å². The van der Waals surface area contributed by atoms with E-state index in [2.05, 4.69) is 17.4 Å². The maximum Gasteiger partial charge on any atom is 0.350 e. The Morgan fingerprint density at radius 1 is 1.29 bits per heavy atom. The Kier molecular flexibility index (Phi) is 5.05. The molecule has 0 saturated heterocycles. The molecule has 1 aromatic heterocycles. The fraction of sp³-hybridized carbons (Fsp3) is 0.267. The van der Waals surface area contributed by atoms with Crippen LogP contribution < -0.4 is 15.8 Å². The van der Waals surface area contributed by atoms with Gasteiger partial charge in [-0.1, -0.05) is 30.3 Å². The van der Waals surface area contributed by atoms with Crippen molar-refractivity contribution in [3.63, 3.8) is 0 Å². The van der Waals surface area contributed by atoms with Gasteiger partial charge in [0.2, 0.25) is 0 Å². The highest BCUT2D eigenvalue weighted by Crippen LogP contribution is 2.42. The number of nitrogen functional groups attached to an aromatic ring is 1. The van der Waals surface area contributed by atoms with Crippen molar-refractivity contribution in [1.82, 2.24) is 0 Å². The van der Waals surface area contributed by atoms with E-state index >= 15 is 0 Å². The van der Waals surface area contributed by atoms with E-state index in [9.17, 15) is 4.79 Å². The summed E-state index contributed by atoms with van der Waals surface area (Å²) in [5, 5.41) is 4.00. The third kappa shape index (κ3) is 3.46. The number of hydrogen-bond acceptors (Lipinski definition) is 6. The number of carbonyl (C=O) groups is 1. The standard InChI is InChI=1S/C15H18N2O3S/c1-19-12-11(16)13(15(18)20-2)21-14(12)17-9-8-10-6-4-3-5-7-10/h3-7,17H,8-9,16H2,1-2H3. The number of esters is 1. The first kappa shape index (κ1) is 15.2. The van der Waals surface area contributed by atoms with Crippen molar-refractivity contribution in [1.29, 1.82) is 0 Å². The second-order valence-electron chi connectivity index (χ2n) is 4.36. The average molecular weight is 306 g/mol. The molecule has 0 saturated carbocycles. The summed E-state index contributed by atoms with van der Waals surface area (Å²) in [5.41, 5.74) is 7.47. The van der Waals surface area contributed by atoms with Crippen LogP contribution in [0.4, 0.5) is 10.7 Å². The van der Waals surface area contributed by atoms with Crippen LogP contribution in [0.3, 0.4) is 0 Å². The summed E-state index contributed by atoms with van der Waals surface area (Å²) < 4.78 is 9.98. The molecule has 112 valence electrons. The molecule has 0 bridgehead atoms. The zero-order chi connectivity index (χ0) is 15.2. The van der Waals surface area contributed by atoms with Crippen LogP contribution in [-0.4, -0.2) is 26.7 Å². The number of ether oxygens (including phenoxy) is 2. The molecule has 5 nitrogen and oxygen atoms in total. The van der Waals surface area contributed by atoms with Gasteiger partial charge in [0.25, 0.3) is 0 Å². The van der Waals surface area contributed by atoms with Crippen molar-refractivity contribution in [3.8, 4) is 5.75 Å². The summed E-state index contributed by atoms with van der Waals surface area (Å²) in [4.78, 5) is 12.0. The minimum Gasteiger partial charge on any atom is -0.492 e. The van der Waals surface area contributed by atoms with Crippen LogP contribution in [0.1, 0.15) is 15.2 Å². The van der Waals surface area contributed by atoms with E-state index in [1.165, 1.54) is 31.1 Å². The van der Waals surface area contributed by atoms with E-state index in [-0.39, 0.29) is 0 Å². The SMILES string of the molecule is COC(=O)c1sc(NCCc2ccccc2)c(OC)c1N. The highest BCUT2D eigenvalue weighted by Gasteiger charge is 2.22. The number of thiophene rings is 1. The molecule has 0 aliphatic carbocycles. The topological polar surface area (TPSA) is 73.6 Å².